The number of nitrogens with two attached hydrogens (primary N) is 1. The minimum Gasteiger partial charge on any atom is -0.378 e. The van der Waals surface area contributed by atoms with E-state index in [-0.39, 0.29) is 0 Å². The molecule has 2 N–H and O–H groups in total. The Balaban J connectivity index is 0. The summed E-state index contributed by atoms with van der Waals surface area (Å²) in [6, 6.07) is 0. The second-order valence-electron chi connectivity index (χ2n) is 1.33. The van der Waals surface area contributed by atoms with Crippen molar-refractivity contribution in [1.29, 1.82) is 0 Å². The molecular formula is C5H9ClN3O2PS. The predicted octanol–water partition coefficient (Wildman–Crippen LogP) is 1.57. The van der Waals surface area contributed by atoms with Gasteiger partial charge < -0.3 is 5.73 Å². The monoisotopic (exact) mass is 241 g/mol. The molecule has 0 aromatic rings. The Labute approximate surface area is 87.1 Å². The quantitative estimate of drug-likeness (QED) is 0.189. The second-order valence-corrected chi connectivity index (χ2v) is 3.15. The first-order valence-electron chi connectivity index (χ1n) is 2.89. The van der Waals surface area contributed by atoms with Gasteiger partial charge >= 0.3 is 5.37 Å². The van der Waals surface area contributed by atoms with Gasteiger partial charge in [0.1, 0.15) is 0 Å². The highest BCUT2D eigenvalue weighted by Gasteiger charge is 1.80. The summed E-state index contributed by atoms with van der Waals surface area (Å²) in [7, 11) is 0.587. The first-order valence-corrected chi connectivity index (χ1v) is 5.94. The van der Waals surface area contributed by atoms with Crippen molar-refractivity contribution in [3.8, 4) is 0 Å². The molecule has 1 atom stereocenters. The fraction of sp³-hybridized carbons (Fsp3) is 0.400. The lowest BCUT2D eigenvalue weighted by molar-refractivity contribution is 0.266. The third kappa shape index (κ3) is 18.5. The van der Waals surface area contributed by atoms with E-state index in [1.165, 1.54) is 11.8 Å². The van der Waals surface area contributed by atoms with Crippen LogP contribution in [0.2, 0.25) is 0 Å². The molecule has 0 aliphatic carbocycles. The Kier molecular flexibility index (Phi) is 13.4. The third-order valence-electron chi connectivity index (χ3n) is 0.565. The molecule has 0 spiro atoms. The van der Waals surface area contributed by atoms with Crippen LogP contribution in [0.25, 0.3) is 0 Å². The summed E-state index contributed by atoms with van der Waals surface area (Å²) >= 11 is 5.99. The summed E-state index contributed by atoms with van der Waals surface area (Å²) in [4.78, 5) is 20.8. The average Bonchev–Trinajstić information content (AvgIpc) is 2.05. The van der Waals surface area contributed by atoms with Crippen LogP contribution < -0.4 is 5.73 Å². The average molecular weight is 242 g/mol. The zero-order valence-corrected chi connectivity index (χ0v) is 9.65. The lowest BCUT2D eigenvalue weighted by atomic mass is 11.3. The van der Waals surface area contributed by atoms with Crippen LogP contribution in [-0.2, 0) is 4.79 Å². The van der Waals surface area contributed by atoms with Crippen molar-refractivity contribution in [3.05, 3.63) is 0 Å². The summed E-state index contributed by atoms with van der Waals surface area (Å²) in [6.45, 7) is 1.99. The van der Waals surface area contributed by atoms with E-state index in [1.54, 1.807) is 0 Å². The molecular weight excluding hydrogens is 233 g/mol. The van der Waals surface area contributed by atoms with Crippen LogP contribution in [0.1, 0.15) is 0 Å². The molecule has 0 aromatic carbocycles. The molecule has 5 nitrogen and oxygen atoms in total. The molecule has 0 radical (unpaired) electrons. The molecule has 0 heterocycles. The lowest BCUT2D eigenvalue weighted by Gasteiger charge is -1.88. The summed E-state index contributed by atoms with van der Waals surface area (Å²) in [5.74, 6) is 0. The van der Waals surface area contributed by atoms with E-state index in [0.29, 0.717) is 13.9 Å². The second kappa shape index (κ2) is 11.6. The van der Waals surface area contributed by atoms with Gasteiger partial charge in [0.15, 0.2) is 5.17 Å². The molecule has 74 valence electrons. The Bertz CT molecular complexity index is 230. The van der Waals surface area contributed by atoms with Gasteiger partial charge in [-0.2, -0.15) is 0 Å². The van der Waals surface area contributed by atoms with Crippen LogP contribution in [0.3, 0.4) is 0 Å². The minimum atomic E-state index is -1.04. The van der Waals surface area contributed by atoms with Crippen molar-refractivity contribution in [2.75, 3.05) is 12.9 Å². The molecule has 0 saturated heterocycles. The molecule has 0 fully saturated rings. The maximum atomic E-state index is 9.38. The van der Waals surface area contributed by atoms with Crippen LogP contribution >= 0.6 is 32.1 Å². The smallest absolute Gasteiger partial charge is 0.350 e. The SMILES string of the molecule is CPN=C(N)SC.O=C=NC(=O)Cl. The number of amides is 1. The van der Waals surface area contributed by atoms with Gasteiger partial charge in [-0.15, -0.1) is 4.99 Å². The van der Waals surface area contributed by atoms with Crippen molar-refractivity contribution in [1.82, 2.24) is 0 Å². The molecule has 0 bridgehead atoms. The van der Waals surface area contributed by atoms with E-state index in [0.717, 1.165) is 6.08 Å². The molecule has 13 heavy (non-hydrogen) atoms. The van der Waals surface area contributed by atoms with Crippen molar-refractivity contribution in [2.24, 2.45) is 15.5 Å². The van der Waals surface area contributed by atoms with Crippen LogP contribution in [-0.4, -0.2) is 29.5 Å². The summed E-state index contributed by atoms with van der Waals surface area (Å²) in [6.07, 6.45) is 2.88. The molecule has 0 saturated carbocycles. The number of thioether (sulfide) groups is 1. The molecule has 0 aliphatic rings. The van der Waals surface area contributed by atoms with Gasteiger partial charge in [-0.25, -0.2) is 9.56 Å². The molecule has 1 unspecified atom stereocenters. The Morgan fingerprint density at radius 2 is 2.23 bits per heavy atom. The Morgan fingerprint density at radius 1 is 1.69 bits per heavy atom. The van der Waals surface area contributed by atoms with E-state index in [2.05, 4.69) is 21.4 Å². The molecule has 1 amide bonds. The number of halogens is 1. The first kappa shape index (κ1) is 15.1. The summed E-state index contributed by atoms with van der Waals surface area (Å²) < 4.78 is 3.93. The topological polar surface area (TPSA) is 84.9 Å². The molecule has 8 heteroatoms. The highest BCUT2D eigenvalue weighted by atomic mass is 35.5. The van der Waals surface area contributed by atoms with E-state index in [4.69, 9.17) is 10.5 Å². The summed E-state index contributed by atoms with van der Waals surface area (Å²) in [5, 5.41) is -0.356. The van der Waals surface area contributed by atoms with E-state index >= 15 is 0 Å². The maximum Gasteiger partial charge on any atom is 0.350 e. The fourth-order valence-corrected chi connectivity index (χ4v) is 1.09. The molecule has 0 rings (SSSR count). The zero-order valence-electron chi connectivity index (χ0n) is 7.07. The number of aliphatic imine (C=N–C) groups is 1. The first-order chi connectivity index (χ1) is 6.08. The van der Waals surface area contributed by atoms with Crippen molar-refractivity contribution in [2.45, 2.75) is 0 Å². The number of carbonyl (C=O) groups is 1. The van der Waals surface area contributed by atoms with Gasteiger partial charge in [-0.1, -0.05) is 11.8 Å². The van der Waals surface area contributed by atoms with Gasteiger partial charge in [0.2, 0.25) is 6.08 Å². The molecule has 0 aliphatic heterocycles. The maximum absolute atomic E-state index is 9.38. The Morgan fingerprint density at radius 3 is 2.31 bits per heavy atom. The van der Waals surface area contributed by atoms with Crippen LogP contribution in [0.5, 0.6) is 0 Å². The van der Waals surface area contributed by atoms with Crippen LogP contribution in [0.4, 0.5) is 4.79 Å². The van der Waals surface area contributed by atoms with Gasteiger partial charge in [0.25, 0.3) is 0 Å². The zero-order chi connectivity index (χ0) is 10.7. The van der Waals surface area contributed by atoms with Gasteiger partial charge in [0, 0.05) is 8.73 Å². The van der Waals surface area contributed by atoms with Crippen molar-refractivity contribution in [3.63, 3.8) is 0 Å². The number of isocyanates is 1. The highest BCUT2D eigenvalue weighted by Crippen LogP contribution is 2.05. The number of hydrogen-bond acceptors (Lipinski definition) is 4. The highest BCUT2D eigenvalue weighted by molar-refractivity contribution is 8.13. The molecule has 0 aromatic heterocycles. The number of amidine groups is 1. The fourth-order valence-electron chi connectivity index (χ4n) is 0.192. The van der Waals surface area contributed by atoms with E-state index in [1.807, 2.05) is 12.9 Å². The van der Waals surface area contributed by atoms with Crippen LogP contribution in [0, 0.1) is 0 Å². The Hall–Kier alpha value is -0.410. The van der Waals surface area contributed by atoms with Gasteiger partial charge in [0.05, 0.1) is 0 Å². The van der Waals surface area contributed by atoms with Crippen LogP contribution in [0.15, 0.2) is 9.76 Å². The van der Waals surface area contributed by atoms with Gasteiger partial charge in [-0.3, -0.25) is 4.79 Å². The largest absolute Gasteiger partial charge is 0.378 e. The van der Waals surface area contributed by atoms with Crippen molar-refractivity contribution >= 4 is 48.7 Å². The van der Waals surface area contributed by atoms with E-state index in [9.17, 15) is 4.79 Å². The number of rotatable bonds is 1. The normalized spacial score (nSPS) is 10.2. The van der Waals surface area contributed by atoms with Gasteiger partial charge in [-0.05, 0) is 24.5 Å². The number of carbonyl (C=O) groups excluding carboxylic acids is 2. The standard InChI is InChI=1S/C3H9N2PS.C2ClNO2/c1-6-5-3(4)7-2;3-2(6)4-1-5/h6H,1-2H3,(H2,4,5);. The number of nitrogens with zero attached hydrogens (tertiary/aromatic N) is 2. The van der Waals surface area contributed by atoms with E-state index < -0.39 is 5.37 Å². The summed E-state index contributed by atoms with van der Waals surface area (Å²) in [5.41, 5.74) is 5.30. The lowest BCUT2D eigenvalue weighted by Crippen LogP contribution is -2.02. The third-order valence-corrected chi connectivity index (χ3v) is 1.79. The number of hydrogen-bond donors (Lipinski definition) is 1. The van der Waals surface area contributed by atoms with Crippen molar-refractivity contribution < 1.29 is 9.59 Å². The minimum absolute atomic E-state index is 0.587. The predicted molar refractivity (Wildman–Crippen MR) is 58.7 cm³/mol.